The SMILES string of the molecule is CCCCOc1cn(OCc2ccccc2)c(CNC(=O)c2ccnc(NC[C@H]3NC(=O)[C@H]3NC(=O)C(=N)C(=C/S)/N=C/NC(C)(C)O)c2)cc1=O. The molecule has 3 aromatic rings. The number of hydrogen-bond acceptors (Lipinski definition) is 12. The molecule has 0 spiro atoms. The highest BCUT2D eigenvalue weighted by molar-refractivity contribution is 7.83. The average molecular weight is 734 g/mol. The topological polar surface area (TPSA) is 221 Å². The van der Waals surface area contributed by atoms with Crippen LogP contribution < -0.4 is 41.6 Å². The van der Waals surface area contributed by atoms with Gasteiger partial charge in [0.25, 0.3) is 11.8 Å². The van der Waals surface area contributed by atoms with E-state index in [1.54, 1.807) is 0 Å². The molecule has 3 heterocycles. The summed E-state index contributed by atoms with van der Waals surface area (Å²) in [7, 11) is 0. The van der Waals surface area contributed by atoms with Crippen LogP contribution in [0.5, 0.6) is 5.75 Å². The number of nitrogens with one attached hydrogen (secondary N) is 6. The van der Waals surface area contributed by atoms with Gasteiger partial charge in [-0.15, -0.1) is 12.6 Å². The lowest BCUT2D eigenvalue weighted by molar-refractivity contribution is -0.134. The van der Waals surface area contributed by atoms with Crippen molar-refractivity contribution in [1.29, 1.82) is 5.41 Å². The molecule has 0 unspecified atom stereocenters. The van der Waals surface area contributed by atoms with Crippen molar-refractivity contribution < 1.29 is 29.1 Å². The first-order valence-electron chi connectivity index (χ1n) is 16.5. The van der Waals surface area contributed by atoms with Gasteiger partial charge in [-0.3, -0.25) is 24.6 Å². The zero-order chi connectivity index (χ0) is 37.7. The van der Waals surface area contributed by atoms with Gasteiger partial charge in [-0.05, 0) is 43.4 Å². The van der Waals surface area contributed by atoms with Crippen molar-refractivity contribution in [2.45, 2.75) is 64.6 Å². The molecule has 2 atom stereocenters. The van der Waals surface area contributed by atoms with Crippen LogP contribution in [0.15, 0.2) is 81.8 Å². The minimum atomic E-state index is -1.27. The Bertz CT molecular complexity index is 1860. The molecule has 0 aliphatic carbocycles. The van der Waals surface area contributed by atoms with Gasteiger partial charge in [0.15, 0.2) is 5.75 Å². The van der Waals surface area contributed by atoms with Gasteiger partial charge in [0, 0.05) is 24.4 Å². The number of benzene rings is 1. The molecule has 52 heavy (non-hydrogen) atoms. The standard InChI is InChI=1S/C35H43N9O7S/c1-4-5-13-50-28-18-44(51-19-22-9-7-6-8-10-22)24(15-27(28)45)16-39-32(46)23-11-12-37-29(14-23)38-17-25-31(34(48)42-25)43-33(47)30(36)26(20-52)40-21-41-35(2,3)49/h6-12,14-15,18,20-21,25,31,36,49,52H,4-5,13,16-17,19H2,1-3H3,(H,37,38)(H,39,46)(H,40,41)(H,42,48)(H,43,47)/b26-20-,36-30?/t25-,31+/m1/s1. The number of aromatic nitrogens is 2. The quantitative estimate of drug-likeness (QED) is 0.0222. The highest BCUT2D eigenvalue weighted by Gasteiger charge is 2.40. The summed E-state index contributed by atoms with van der Waals surface area (Å²) in [6.45, 7) is 5.72. The molecule has 1 aliphatic heterocycles. The van der Waals surface area contributed by atoms with Crippen LogP contribution in [0.3, 0.4) is 0 Å². The van der Waals surface area contributed by atoms with Gasteiger partial charge in [0.1, 0.15) is 35.6 Å². The summed E-state index contributed by atoms with van der Waals surface area (Å²) in [6, 6.07) is 12.4. The molecule has 0 radical (unpaired) electrons. The van der Waals surface area contributed by atoms with Crippen molar-refractivity contribution in [3.63, 3.8) is 0 Å². The summed E-state index contributed by atoms with van der Waals surface area (Å²) >= 11 is 4.00. The second kappa shape index (κ2) is 18.5. The highest BCUT2D eigenvalue weighted by Crippen LogP contribution is 2.13. The van der Waals surface area contributed by atoms with E-state index in [0.717, 1.165) is 30.2 Å². The number of aliphatic imine (C=N–C) groups is 1. The molecule has 1 saturated heterocycles. The van der Waals surface area contributed by atoms with Crippen LogP contribution in [0.25, 0.3) is 0 Å². The number of aliphatic hydroxyl groups is 1. The van der Waals surface area contributed by atoms with Crippen LogP contribution >= 0.6 is 12.6 Å². The predicted molar refractivity (Wildman–Crippen MR) is 198 cm³/mol. The van der Waals surface area contributed by atoms with Gasteiger partial charge in [-0.25, -0.2) is 9.98 Å². The van der Waals surface area contributed by atoms with E-state index >= 15 is 0 Å². The normalized spacial score (nSPS) is 15.6. The Balaban J connectivity index is 1.35. The van der Waals surface area contributed by atoms with Gasteiger partial charge in [-0.2, -0.15) is 4.73 Å². The Morgan fingerprint density at radius 3 is 2.65 bits per heavy atom. The smallest absolute Gasteiger partial charge is 0.272 e. The van der Waals surface area contributed by atoms with E-state index in [0.29, 0.717) is 18.1 Å². The Hall–Kier alpha value is -5.68. The number of pyridine rings is 2. The number of amides is 3. The molecule has 0 bridgehead atoms. The van der Waals surface area contributed by atoms with Crippen LogP contribution in [-0.4, -0.2) is 75.6 Å². The van der Waals surface area contributed by atoms with E-state index in [4.69, 9.17) is 15.0 Å². The molecule has 3 amide bonds. The number of β-lactam (4-membered cyclic amide) rings is 1. The monoisotopic (exact) mass is 733 g/mol. The Morgan fingerprint density at radius 2 is 1.96 bits per heavy atom. The van der Waals surface area contributed by atoms with E-state index < -0.39 is 41.2 Å². The van der Waals surface area contributed by atoms with Crippen molar-refractivity contribution in [3.8, 4) is 5.75 Å². The molecule has 4 rings (SSSR count). The zero-order valence-electron chi connectivity index (χ0n) is 29.0. The van der Waals surface area contributed by atoms with Crippen molar-refractivity contribution in [2.24, 2.45) is 4.99 Å². The maximum absolute atomic E-state index is 13.2. The van der Waals surface area contributed by atoms with E-state index in [1.807, 2.05) is 37.3 Å². The fraction of sp³-hybridized carbons (Fsp3) is 0.343. The number of carbonyl (C=O) groups is 3. The molecular formula is C35H43N9O7S. The highest BCUT2D eigenvalue weighted by atomic mass is 32.1. The van der Waals surface area contributed by atoms with E-state index in [9.17, 15) is 24.3 Å². The number of anilines is 1. The first kappa shape index (κ1) is 39.1. The third-order valence-electron chi connectivity index (χ3n) is 7.51. The average Bonchev–Trinajstić information content (AvgIpc) is 3.13. The number of ether oxygens (including phenoxy) is 1. The fourth-order valence-corrected chi connectivity index (χ4v) is 4.82. The molecule has 0 saturated carbocycles. The fourth-order valence-electron chi connectivity index (χ4n) is 4.63. The first-order chi connectivity index (χ1) is 24.9. The zero-order valence-corrected chi connectivity index (χ0v) is 29.9. The molecule has 1 aliphatic rings. The lowest BCUT2D eigenvalue weighted by atomic mass is 9.98. The van der Waals surface area contributed by atoms with Crippen LogP contribution in [0.1, 0.15) is 55.2 Å². The lowest BCUT2D eigenvalue weighted by Crippen LogP contribution is -2.71. The molecule has 276 valence electrons. The van der Waals surface area contributed by atoms with Gasteiger partial charge in [0.2, 0.25) is 11.3 Å². The number of thiol groups is 1. The summed E-state index contributed by atoms with van der Waals surface area (Å²) in [6.07, 6.45) is 5.76. The lowest BCUT2D eigenvalue weighted by Gasteiger charge is -2.37. The van der Waals surface area contributed by atoms with Gasteiger partial charge >= 0.3 is 0 Å². The number of hydrogen-bond donors (Lipinski definition) is 8. The summed E-state index contributed by atoms with van der Waals surface area (Å²) < 4.78 is 7.10. The summed E-state index contributed by atoms with van der Waals surface area (Å²) in [5.41, 5.74) is -0.638. The Morgan fingerprint density at radius 1 is 1.19 bits per heavy atom. The number of carbonyl (C=O) groups excluding carboxylic acids is 3. The van der Waals surface area contributed by atoms with Crippen molar-refractivity contribution >= 4 is 48.2 Å². The number of nitrogens with zero attached hydrogens (tertiary/aromatic N) is 3. The van der Waals surface area contributed by atoms with E-state index in [-0.39, 0.29) is 42.1 Å². The second-order valence-electron chi connectivity index (χ2n) is 12.2. The molecule has 1 aromatic carbocycles. The van der Waals surface area contributed by atoms with Gasteiger partial charge in [0.05, 0.1) is 37.4 Å². The minimum Gasteiger partial charge on any atom is -0.488 e. The van der Waals surface area contributed by atoms with Crippen LogP contribution in [0, 0.1) is 5.41 Å². The van der Waals surface area contributed by atoms with E-state index in [2.05, 4.69) is 49.2 Å². The molecule has 17 heteroatoms. The third kappa shape index (κ3) is 11.4. The number of unbranched alkanes of at least 4 members (excludes halogenated alkanes) is 1. The van der Waals surface area contributed by atoms with Crippen molar-refractivity contribution in [1.82, 2.24) is 31.0 Å². The minimum absolute atomic E-state index is 0.0287. The Kier molecular flexibility index (Phi) is 13.9. The molecule has 7 N–H and O–H groups in total. The van der Waals surface area contributed by atoms with E-state index in [1.165, 1.54) is 49.2 Å². The first-order valence-corrected chi connectivity index (χ1v) is 17.0. The van der Waals surface area contributed by atoms with Crippen LogP contribution in [-0.2, 0) is 22.7 Å². The summed E-state index contributed by atoms with van der Waals surface area (Å²) in [5.74, 6) is -1.25. The van der Waals surface area contributed by atoms with Crippen molar-refractivity contribution in [3.05, 3.63) is 99.1 Å². The third-order valence-corrected chi connectivity index (χ3v) is 7.75. The maximum atomic E-state index is 13.2. The molecular weight excluding hydrogens is 691 g/mol. The second-order valence-corrected chi connectivity index (χ2v) is 12.4. The molecule has 1 fully saturated rings. The van der Waals surface area contributed by atoms with Crippen molar-refractivity contribution in [2.75, 3.05) is 18.5 Å². The molecule has 2 aromatic heterocycles. The van der Waals surface area contributed by atoms with Crippen LogP contribution in [0.4, 0.5) is 5.82 Å². The summed E-state index contributed by atoms with van der Waals surface area (Å²) in [4.78, 5) is 65.2. The molecule has 16 nitrogen and oxygen atoms in total. The maximum Gasteiger partial charge on any atom is 0.272 e. The summed E-state index contributed by atoms with van der Waals surface area (Å²) in [5, 5.41) is 32.7. The Labute approximate surface area is 306 Å². The number of rotatable bonds is 19. The van der Waals surface area contributed by atoms with Gasteiger partial charge < -0.3 is 41.3 Å². The largest absolute Gasteiger partial charge is 0.488 e. The van der Waals surface area contributed by atoms with Gasteiger partial charge in [-0.1, -0.05) is 43.7 Å². The van der Waals surface area contributed by atoms with Crippen LogP contribution in [0.2, 0.25) is 0 Å². The predicted octanol–water partition coefficient (Wildman–Crippen LogP) is 1.51.